The van der Waals surface area contributed by atoms with Crippen molar-refractivity contribution in [3.05, 3.63) is 29.3 Å². The van der Waals surface area contributed by atoms with Crippen molar-refractivity contribution < 1.29 is 19.4 Å². The zero-order chi connectivity index (χ0) is 15.4. The Balaban J connectivity index is 1.79. The van der Waals surface area contributed by atoms with Gasteiger partial charge in [0.25, 0.3) is 0 Å². The highest BCUT2D eigenvalue weighted by Crippen LogP contribution is 2.32. The number of benzene rings is 1. The summed E-state index contributed by atoms with van der Waals surface area (Å²) < 4.78 is 5.60. The fraction of sp³-hybridized carbons (Fsp3) is 0.500. The van der Waals surface area contributed by atoms with Gasteiger partial charge in [0.1, 0.15) is 11.8 Å². The Morgan fingerprint density at radius 3 is 2.71 bits per heavy atom. The highest BCUT2D eigenvalue weighted by atomic mass is 16.5. The Hall–Kier alpha value is -2.04. The minimum atomic E-state index is -0.957. The number of aryl methyl sites for hydroxylation is 1. The maximum absolute atomic E-state index is 11.8. The van der Waals surface area contributed by atoms with Gasteiger partial charge in [-0.2, -0.15) is 0 Å². The van der Waals surface area contributed by atoms with Crippen molar-refractivity contribution in [1.29, 1.82) is 0 Å². The molecule has 0 heterocycles. The number of carboxylic acids is 1. The van der Waals surface area contributed by atoms with Gasteiger partial charge >= 0.3 is 5.97 Å². The molecular formula is C16H21NO4. The van der Waals surface area contributed by atoms with Crippen molar-refractivity contribution in [3.8, 4) is 5.75 Å². The lowest BCUT2D eigenvalue weighted by molar-refractivity contribution is -0.142. The van der Waals surface area contributed by atoms with E-state index in [1.165, 1.54) is 0 Å². The molecule has 2 rings (SSSR count). The number of ether oxygens (including phenoxy) is 1. The van der Waals surface area contributed by atoms with Crippen molar-refractivity contribution in [3.63, 3.8) is 0 Å². The van der Waals surface area contributed by atoms with E-state index in [4.69, 9.17) is 9.84 Å². The van der Waals surface area contributed by atoms with E-state index in [9.17, 15) is 9.59 Å². The number of carbonyl (C=O) groups excluding carboxylic acids is 1. The summed E-state index contributed by atoms with van der Waals surface area (Å²) in [6.07, 6.45) is 1.90. The molecule has 0 saturated heterocycles. The van der Waals surface area contributed by atoms with Gasteiger partial charge in [0, 0.05) is 0 Å². The van der Waals surface area contributed by atoms with Crippen LogP contribution in [0.3, 0.4) is 0 Å². The number of rotatable bonds is 7. The number of carboxylic acid groups (broad SMARTS) is 1. The first-order chi connectivity index (χ1) is 9.99. The van der Waals surface area contributed by atoms with Gasteiger partial charge in [0.15, 0.2) is 0 Å². The molecule has 0 aliphatic heterocycles. The van der Waals surface area contributed by atoms with Gasteiger partial charge in [-0.1, -0.05) is 12.1 Å². The van der Waals surface area contributed by atoms with E-state index in [2.05, 4.69) is 5.32 Å². The van der Waals surface area contributed by atoms with E-state index in [1.54, 1.807) is 0 Å². The topological polar surface area (TPSA) is 75.6 Å². The fourth-order valence-electron chi connectivity index (χ4n) is 2.19. The molecule has 1 saturated carbocycles. The predicted molar refractivity (Wildman–Crippen MR) is 78.3 cm³/mol. The maximum Gasteiger partial charge on any atom is 0.326 e. The van der Waals surface area contributed by atoms with Crippen molar-refractivity contribution in [1.82, 2.24) is 5.32 Å². The monoisotopic (exact) mass is 291 g/mol. The molecule has 114 valence electrons. The molecule has 0 radical (unpaired) electrons. The molecule has 0 spiro atoms. The van der Waals surface area contributed by atoms with Crippen LogP contribution in [0.2, 0.25) is 0 Å². The number of nitrogens with one attached hydrogen (secondary N) is 1. The first-order valence-electron chi connectivity index (χ1n) is 7.20. The van der Waals surface area contributed by atoms with Crippen LogP contribution in [0.5, 0.6) is 5.75 Å². The first-order valence-corrected chi connectivity index (χ1v) is 7.20. The lowest BCUT2D eigenvalue weighted by atomic mass is 10.1. The van der Waals surface area contributed by atoms with Crippen LogP contribution >= 0.6 is 0 Å². The molecule has 1 aliphatic carbocycles. The fourth-order valence-corrected chi connectivity index (χ4v) is 2.19. The molecule has 21 heavy (non-hydrogen) atoms. The summed E-state index contributed by atoms with van der Waals surface area (Å²) >= 11 is 0. The van der Waals surface area contributed by atoms with Gasteiger partial charge in [-0.25, -0.2) is 4.79 Å². The van der Waals surface area contributed by atoms with Gasteiger partial charge in [0.05, 0.1) is 13.0 Å². The van der Waals surface area contributed by atoms with Gasteiger partial charge in [-0.15, -0.1) is 0 Å². The third-order valence-electron chi connectivity index (χ3n) is 3.82. The highest BCUT2D eigenvalue weighted by Gasteiger charge is 2.37. The number of aliphatic carboxylic acids is 1. The number of hydrogen-bond acceptors (Lipinski definition) is 3. The van der Waals surface area contributed by atoms with Crippen molar-refractivity contribution in [2.75, 3.05) is 6.61 Å². The lowest BCUT2D eigenvalue weighted by Gasteiger charge is -2.14. The average molecular weight is 291 g/mol. The summed E-state index contributed by atoms with van der Waals surface area (Å²) in [5, 5.41) is 11.6. The molecule has 1 amide bonds. The Morgan fingerprint density at radius 2 is 2.10 bits per heavy atom. The summed E-state index contributed by atoms with van der Waals surface area (Å²) in [7, 11) is 0. The van der Waals surface area contributed by atoms with Crippen LogP contribution in [0.25, 0.3) is 0 Å². The molecule has 5 nitrogen and oxygen atoms in total. The minimum Gasteiger partial charge on any atom is -0.493 e. The van der Waals surface area contributed by atoms with Crippen molar-refractivity contribution in [2.24, 2.45) is 5.92 Å². The third kappa shape index (κ3) is 4.21. The minimum absolute atomic E-state index is 0.0892. The van der Waals surface area contributed by atoms with Crippen LogP contribution < -0.4 is 10.1 Å². The second-order valence-electron chi connectivity index (χ2n) is 5.52. The summed E-state index contributed by atoms with van der Waals surface area (Å²) in [5.74, 6) is -0.382. The Bertz CT molecular complexity index is 537. The quantitative estimate of drug-likeness (QED) is 0.806. The second kappa shape index (κ2) is 6.61. The standard InChI is InChI=1S/C16H21NO4/c1-10-4-3-5-13(11(10)2)21-9-8-14(18)17-15(16(19)20)12-6-7-12/h3-5,12,15H,6-9H2,1-2H3,(H,17,18)(H,19,20). The first kappa shape index (κ1) is 15.4. The van der Waals surface area contributed by atoms with Crippen LogP contribution in [-0.2, 0) is 9.59 Å². The summed E-state index contributed by atoms with van der Waals surface area (Å²) in [5.41, 5.74) is 2.19. The molecule has 1 fully saturated rings. The zero-order valence-corrected chi connectivity index (χ0v) is 12.4. The van der Waals surface area contributed by atoms with Crippen LogP contribution in [0.15, 0.2) is 18.2 Å². The number of carbonyl (C=O) groups is 2. The maximum atomic E-state index is 11.8. The van der Waals surface area contributed by atoms with E-state index in [0.29, 0.717) is 0 Å². The van der Waals surface area contributed by atoms with Gasteiger partial charge in [0.2, 0.25) is 5.91 Å². The molecular weight excluding hydrogens is 270 g/mol. The van der Waals surface area contributed by atoms with E-state index in [-0.39, 0.29) is 24.9 Å². The predicted octanol–water partition coefficient (Wildman–Crippen LogP) is 2.05. The molecule has 5 heteroatoms. The van der Waals surface area contributed by atoms with Crippen LogP contribution in [-0.4, -0.2) is 29.6 Å². The number of amides is 1. The summed E-state index contributed by atoms with van der Waals surface area (Å²) in [4.78, 5) is 22.8. The molecule has 0 aromatic heterocycles. The lowest BCUT2D eigenvalue weighted by Crippen LogP contribution is -2.42. The second-order valence-corrected chi connectivity index (χ2v) is 5.52. The average Bonchev–Trinajstić information content (AvgIpc) is 3.25. The Kier molecular flexibility index (Phi) is 4.83. The molecule has 2 N–H and O–H groups in total. The molecule has 1 aliphatic rings. The van der Waals surface area contributed by atoms with E-state index < -0.39 is 12.0 Å². The SMILES string of the molecule is Cc1cccc(OCCC(=O)NC(C(=O)O)C2CC2)c1C. The van der Waals surface area contributed by atoms with E-state index >= 15 is 0 Å². The molecule has 1 aromatic carbocycles. The van der Waals surface area contributed by atoms with E-state index in [0.717, 1.165) is 29.7 Å². The van der Waals surface area contributed by atoms with Crippen LogP contribution in [0.4, 0.5) is 0 Å². The van der Waals surface area contributed by atoms with Crippen LogP contribution in [0, 0.1) is 19.8 Å². The highest BCUT2D eigenvalue weighted by molar-refractivity contribution is 5.84. The van der Waals surface area contributed by atoms with Gasteiger partial charge in [-0.3, -0.25) is 4.79 Å². The van der Waals surface area contributed by atoms with Crippen molar-refractivity contribution in [2.45, 2.75) is 39.2 Å². The Labute approximate surface area is 124 Å². The molecule has 1 atom stereocenters. The largest absolute Gasteiger partial charge is 0.493 e. The smallest absolute Gasteiger partial charge is 0.326 e. The molecule has 1 unspecified atom stereocenters. The third-order valence-corrected chi connectivity index (χ3v) is 3.82. The number of hydrogen-bond donors (Lipinski definition) is 2. The van der Waals surface area contributed by atoms with Gasteiger partial charge < -0.3 is 15.2 Å². The Morgan fingerprint density at radius 1 is 1.38 bits per heavy atom. The molecule has 1 aromatic rings. The zero-order valence-electron chi connectivity index (χ0n) is 12.4. The molecule has 0 bridgehead atoms. The van der Waals surface area contributed by atoms with Crippen molar-refractivity contribution >= 4 is 11.9 Å². The van der Waals surface area contributed by atoms with Gasteiger partial charge in [-0.05, 0) is 49.8 Å². The summed E-state index contributed by atoms with van der Waals surface area (Å²) in [6, 6.07) is 5.02. The van der Waals surface area contributed by atoms with Crippen LogP contribution in [0.1, 0.15) is 30.4 Å². The van der Waals surface area contributed by atoms with E-state index in [1.807, 2.05) is 32.0 Å². The summed E-state index contributed by atoms with van der Waals surface area (Å²) in [6.45, 7) is 4.22. The normalized spacial score (nSPS) is 15.3.